The molecule has 0 N–H and O–H groups in total. The Morgan fingerprint density at radius 1 is 1.20 bits per heavy atom. The highest BCUT2D eigenvalue weighted by atomic mass is 16.5. The Morgan fingerprint density at radius 2 is 2.00 bits per heavy atom. The van der Waals surface area contributed by atoms with Gasteiger partial charge in [-0.1, -0.05) is 30.3 Å². The quantitative estimate of drug-likeness (QED) is 0.850. The van der Waals surface area contributed by atoms with Crippen LogP contribution in [-0.4, -0.2) is 7.11 Å². The van der Waals surface area contributed by atoms with Gasteiger partial charge in [-0.25, -0.2) is 0 Å². The number of hydrogen-bond acceptors (Lipinski definition) is 3. The van der Waals surface area contributed by atoms with Gasteiger partial charge in [-0.2, -0.15) is 5.26 Å². The van der Waals surface area contributed by atoms with Crippen LogP contribution in [0.15, 0.2) is 42.5 Å². The molecule has 3 heteroatoms. The summed E-state index contributed by atoms with van der Waals surface area (Å²) in [4.78, 5) is 0. The number of methoxy groups -OCH3 is 1. The average Bonchev–Trinajstić information content (AvgIpc) is 2.48. The van der Waals surface area contributed by atoms with Crippen molar-refractivity contribution < 1.29 is 9.47 Å². The minimum Gasteiger partial charge on any atom is -0.493 e. The third-order valence-corrected chi connectivity index (χ3v) is 3.62. The van der Waals surface area contributed by atoms with Gasteiger partial charge in [-0.05, 0) is 35.2 Å². The first-order valence-corrected chi connectivity index (χ1v) is 6.59. The molecule has 0 fully saturated rings. The van der Waals surface area contributed by atoms with Crippen LogP contribution in [0.3, 0.4) is 0 Å². The summed E-state index contributed by atoms with van der Waals surface area (Å²) in [6, 6.07) is 16.2. The Bertz CT molecular complexity index is 659. The Morgan fingerprint density at radius 3 is 2.70 bits per heavy atom. The van der Waals surface area contributed by atoms with Crippen LogP contribution < -0.4 is 9.47 Å². The second-order valence-corrected chi connectivity index (χ2v) is 4.86. The SMILES string of the molecule is COc1cc2c(cc1OCc1ccccc1)C(C#N)C2. The largest absolute Gasteiger partial charge is 0.493 e. The number of fused-ring (bicyclic) bond motifs is 1. The summed E-state index contributed by atoms with van der Waals surface area (Å²) in [5.41, 5.74) is 3.35. The van der Waals surface area contributed by atoms with E-state index in [2.05, 4.69) is 6.07 Å². The number of nitrogens with zero attached hydrogens (tertiary/aromatic N) is 1. The summed E-state index contributed by atoms with van der Waals surface area (Å²) < 4.78 is 11.2. The third kappa shape index (κ3) is 2.21. The second kappa shape index (κ2) is 5.26. The molecule has 2 aromatic carbocycles. The van der Waals surface area contributed by atoms with Crippen molar-refractivity contribution in [3.63, 3.8) is 0 Å². The maximum absolute atomic E-state index is 9.04. The van der Waals surface area contributed by atoms with Crippen LogP contribution in [0.5, 0.6) is 11.5 Å². The van der Waals surface area contributed by atoms with Crippen LogP contribution in [0.2, 0.25) is 0 Å². The molecule has 0 radical (unpaired) electrons. The van der Waals surface area contributed by atoms with E-state index in [4.69, 9.17) is 14.7 Å². The van der Waals surface area contributed by atoms with Gasteiger partial charge in [-0.15, -0.1) is 0 Å². The molecule has 3 rings (SSSR count). The molecule has 0 aliphatic heterocycles. The van der Waals surface area contributed by atoms with Gasteiger partial charge in [0.25, 0.3) is 0 Å². The Balaban J connectivity index is 1.82. The van der Waals surface area contributed by atoms with Crippen LogP contribution in [0.4, 0.5) is 0 Å². The minimum atomic E-state index is -0.00465. The molecule has 1 aliphatic rings. The smallest absolute Gasteiger partial charge is 0.162 e. The van der Waals surface area contributed by atoms with E-state index in [9.17, 15) is 0 Å². The van der Waals surface area contributed by atoms with Crippen molar-refractivity contribution >= 4 is 0 Å². The van der Waals surface area contributed by atoms with Crippen LogP contribution in [0, 0.1) is 11.3 Å². The molecule has 0 bridgehead atoms. The van der Waals surface area contributed by atoms with Gasteiger partial charge >= 0.3 is 0 Å². The molecule has 100 valence electrons. The molecule has 0 saturated heterocycles. The van der Waals surface area contributed by atoms with Crippen LogP contribution in [0.1, 0.15) is 22.6 Å². The van der Waals surface area contributed by atoms with E-state index in [0.29, 0.717) is 12.4 Å². The third-order valence-electron chi connectivity index (χ3n) is 3.62. The molecule has 1 aliphatic carbocycles. The van der Waals surface area contributed by atoms with Crippen molar-refractivity contribution in [2.45, 2.75) is 18.9 Å². The predicted molar refractivity (Wildman–Crippen MR) is 75.8 cm³/mol. The zero-order valence-electron chi connectivity index (χ0n) is 11.3. The van der Waals surface area contributed by atoms with Crippen molar-refractivity contribution in [1.29, 1.82) is 5.26 Å². The zero-order valence-corrected chi connectivity index (χ0v) is 11.3. The summed E-state index contributed by atoms with van der Waals surface area (Å²) in [7, 11) is 1.64. The molecule has 3 nitrogen and oxygen atoms in total. The van der Waals surface area contributed by atoms with E-state index in [-0.39, 0.29) is 5.92 Å². The molecule has 1 unspecified atom stereocenters. The molecule has 0 amide bonds. The van der Waals surface area contributed by atoms with Gasteiger partial charge in [0.15, 0.2) is 11.5 Å². The highest BCUT2D eigenvalue weighted by molar-refractivity contribution is 5.55. The fourth-order valence-electron chi connectivity index (χ4n) is 2.44. The lowest BCUT2D eigenvalue weighted by Crippen LogP contribution is -2.16. The number of hydrogen-bond donors (Lipinski definition) is 0. The fourth-order valence-corrected chi connectivity index (χ4v) is 2.44. The summed E-state index contributed by atoms with van der Waals surface area (Å²) >= 11 is 0. The van der Waals surface area contributed by atoms with Crippen molar-refractivity contribution in [3.8, 4) is 17.6 Å². The predicted octanol–water partition coefficient (Wildman–Crippen LogP) is 3.44. The van der Waals surface area contributed by atoms with Gasteiger partial charge in [0.2, 0.25) is 0 Å². The molecule has 20 heavy (non-hydrogen) atoms. The summed E-state index contributed by atoms with van der Waals surface area (Å²) in [6.45, 7) is 0.493. The fraction of sp³-hybridized carbons (Fsp3) is 0.235. The molecular weight excluding hydrogens is 250 g/mol. The van der Waals surface area contributed by atoms with Crippen molar-refractivity contribution in [3.05, 3.63) is 59.2 Å². The lowest BCUT2D eigenvalue weighted by molar-refractivity contribution is 0.283. The van der Waals surface area contributed by atoms with Gasteiger partial charge in [0, 0.05) is 0 Å². The summed E-state index contributed by atoms with van der Waals surface area (Å²) in [5, 5.41) is 9.04. The first-order valence-electron chi connectivity index (χ1n) is 6.59. The molecule has 0 saturated carbocycles. The normalized spacial score (nSPS) is 15.7. The summed E-state index contributed by atoms with van der Waals surface area (Å²) in [6.07, 6.45) is 0.807. The molecule has 0 heterocycles. The van der Waals surface area contributed by atoms with E-state index in [1.807, 2.05) is 42.5 Å². The topological polar surface area (TPSA) is 42.2 Å². The van der Waals surface area contributed by atoms with Gasteiger partial charge in [-0.3, -0.25) is 0 Å². The number of rotatable bonds is 4. The molecule has 1 atom stereocenters. The van der Waals surface area contributed by atoms with Crippen molar-refractivity contribution in [2.24, 2.45) is 0 Å². The maximum atomic E-state index is 9.04. The van der Waals surface area contributed by atoms with Crippen LogP contribution >= 0.6 is 0 Å². The highest BCUT2D eigenvalue weighted by Crippen LogP contribution is 2.42. The number of benzene rings is 2. The summed E-state index contributed by atoms with van der Waals surface area (Å²) in [5.74, 6) is 1.43. The molecule has 0 spiro atoms. The standard InChI is InChI=1S/C17H15NO2/c1-19-16-8-13-7-14(10-18)15(13)9-17(16)20-11-12-5-3-2-4-6-12/h2-6,8-9,14H,7,11H2,1H3. The van der Waals surface area contributed by atoms with Gasteiger partial charge < -0.3 is 9.47 Å². The van der Waals surface area contributed by atoms with E-state index in [1.165, 1.54) is 5.56 Å². The first-order chi connectivity index (χ1) is 9.81. The van der Waals surface area contributed by atoms with E-state index in [1.54, 1.807) is 7.11 Å². The van der Waals surface area contributed by atoms with Gasteiger partial charge in [0.05, 0.1) is 19.1 Å². The second-order valence-electron chi connectivity index (χ2n) is 4.86. The number of ether oxygens (including phenoxy) is 2. The molecule has 2 aromatic rings. The Kier molecular flexibility index (Phi) is 3.30. The average molecular weight is 265 g/mol. The Labute approximate surface area is 118 Å². The first kappa shape index (κ1) is 12.6. The molecular formula is C17H15NO2. The number of nitriles is 1. The lowest BCUT2D eigenvalue weighted by atomic mass is 9.78. The zero-order chi connectivity index (χ0) is 13.9. The lowest BCUT2D eigenvalue weighted by Gasteiger charge is -2.26. The highest BCUT2D eigenvalue weighted by Gasteiger charge is 2.28. The van der Waals surface area contributed by atoms with E-state index < -0.39 is 0 Å². The van der Waals surface area contributed by atoms with Crippen LogP contribution in [0.25, 0.3) is 0 Å². The van der Waals surface area contributed by atoms with Crippen molar-refractivity contribution in [1.82, 2.24) is 0 Å². The van der Waals surface area contributed by atoms with Crippen LogP contribution in [-0.2, 0) is 13.0 Å². The van der Waals surface area contributed by atoms with E-state index in [0.717, 1.165) is 23.3 Å². The van der Waals surface area contributed by atoms with E-state index >= 15 is 0 Å². The molecule has 0 aromatic heterocycles. The monoisotopic (exact) mass is 265 g/mol. The maximum Gasteiger partial charge on any atom is 0.162 e. The van der Waals surface area contributed by atoms with Gasteiger partial charge in [0.1, 0.15) is 6.61 Å². The minimum absolute atomic E-state index is 0.00465. The van der Waals surface area contributed by atoms with Crippen molar-refractivity contribution in [2.75, 3.05) is 7.11 Å². The Hall–Kier alpha value is -2.47.